The molecule has 1 saturated carbocycles. The molecule has 0 aromatic heterocycles. The molecule has 0 radical (unpaired) electrons. The number of nitrogen functional groups attached to an aromatic ring is 1. The molecule has 0 heterocycles. The Morgan fingerprint density at radius 3 is 2.71 bits per heavy atom. The van der Waals surface area contributed by atoms with Crippen LogP contribution >= 0.6 is 0 Å². The number of methoxy groups -OCH3 is 1. The van der Waals surface area contributed by atoms with Crippen LogP contribution in [0.5, 0.6) is 0 Å². The van der Waals surface area contributed by atoms with Gasteiger partial charge in [-0.15, -0.1) is 0 Å². The number of rotatable bonds is 5. The first-order valence-corrected chi connectivity index (χ1v) is 7.90. The van der Waals surface area contributed by atoms with Gasteiger partial charge in [0.25, 0.3) is 0 Å². The molecule has 3 N–H and O–H groups in total. The molecule has 0 spiro atoms. The summed E-state index contributed by atoms with van der Waals surface area (Å²) >= 11 is 0. The second-order valence-corrected chi connectivity index (χ2v) is 5.82. The van der Waals surface area contributed by atoms with Crippen LogP contribution in [0, 0.1) is 5.92 Å². The zero-order valence-corrected chi connectivity index (χ0v) is 13.0. The first-order chi connectivity index (χ1) is 10.2. The van der Waals surface area contributed by atoms with Gasteiger partial charge in [-0.05, 0) is 37.3 Å². The van der Waals surface area contributed by atoms with Crippen molar-refractivity contribution in [2.24, 2.45) is 5.92 Å². The number of para-hydroxylation sites is 1. The lowest BCUT2D eigenvalue weighted by Gasteiger charge is -2.31. The topological polar surface area (TPSA) is 64.3 Å². The van der Waals surface area contributed by atoms with E-state index in [0.29, 0.717) is 23.2 Å². The molecule has 2 rings (SSSR count). The summed E-state index contributed by atoms with van der Waals surface area (Å²) in [6.45, 7) is 2.20. The highest BCUT2D eigenvalue weighted by molar-refractivity contribution is 5.98. The van der Waals surface area contributed by atoms with Crippen LogP contribution < -0.4 is 11.1 Å². The number of benzene rings is 1. The number of carbonyl (C=O) groups is 1. The molecule has 21 heavy (non-hydrogen) atoms. The molecule has 1 unspecified atom stereocenters. The number of carbonyl (C=O) groups excluding carboxylic acids is 1. The van der Waals surface area contributed by atoms with Crippen molar-refractivity contribution >= 4 is 17.3 Å². The van der Waals surface area contributed by atoms with Crippen molar-refractivity contribution in [3.05, 3.63) is 23.8 Å². The van der Waals surface area contributed by atoms with Crippen molar-refractivity contribution in [2.75, 3.05) is 18.2 Å². The maximum Gasteiger partial charge on any atom is 0.340 e. The third-order valence-corrected chi connectivity index (χ3v) is 4.51. The number of nitrogens with two attached hydrogens (primary N) is 1. The minimum Gasteiger partial charge on any atom is -0.465 e. The fourth-order valence-electron chi connectivity index (χ4n) is 3.27. The molecule has 0 bridgehead atoms. The second kappa shape index (κ2) is 7.34. The Balaban J connectivity index is 2.15. The zero-order valence-electron chi connectivity index (χ0n) is 13.0. The molecular weight excluding hydrogens is 264 g/mol. The van der Waals surface area contributed by atoms with Crippen molar-refractivity contribution in [3.63, 3.8) is 0 Å². The van der Waals surface area contributed by atoms with Crippen molar-refractivity contribution in [2.45, 2.75) is 51.5 Å². The average molecular weight is 290 g/mol. The summed E-state index contributed by atoms with van der Waals surface area (Å²) in [4.78, 5) is 11.7. The number of nitrogens with one attached hydrogen (secondary N) is 1. The highest BCUT2D eigenvalue weighted by Gasteiger charge is 2.23. The van der Waals surface area contributed by atoms with Crippen LogP contribution in [0.2, 0.25) is 0 Å². The Labute approximate surface area is 127 Å². The van der Waals surface area contributed by atoms with E-state index in [1.165, 1.54) is 39.2 Å². The van der Waals surface area contributed by atoms with Gasteiger partial charge in [0.05, 0.1) is 24.0 Å². The smallest absolute Gasteiger partial charge is 0.340 e. The van der Waals surface area contributed by atoms with Gasteiger partial charge in [-0.3, -0.25) is 0 Å². The van der Waals surface area contributed by atoms with Gasteiger partial charge in [0.15, 0.2) is 0 Å². The summed E-state index contributed by atoms with van der Waals surface area (Å²) in [5.74, 6) is 0.312. The highest BCUT2D eigenvalue weighted by Crippen LogP contribution is 2.31. The van der Waals surface area contributed by atoms with Gasteiger partial charge < -0.3 is 15.8 Å². The molecule has 0 saturated heterocycles. The molecule has 1 aliphatic carbocycles. The van der Waals surface area contributed by atoms with E-state index in [-0.39, 0.29) is 5.97 Å². The molecule has 0 aliphatic heterocycles. The van der Waals surface area contributed by atoms with Crippen LogP contribution in [-0.2, 0) is 4.74 Å². The normalized spacial score (nSPS) is 17.2. The molecule has 1 aromatic carbocycles. The summed E-state index contributed by atoms with van der Waals surface area (Å²) in [7, 11) is 1.37. The molecule has 4 heteroatoms. The lowest BCUT2D eigenvalue weighted by atomic mass is 9.83. The zero-order chi connectivity index (χ0) is 15.2. The van der Waals surface area contributed by atoms with E-state index in [2.05, 4.69) is 12.2 Å². The van der Waals surface area contributed by atoms with Crippen LogP contribution in [-0.4, -0.2) is 19.1 Å². The van der Waals surface area contributed by atoms with Crippen molar-refractivity contribution in [1.82, 2.24) is 0 Å². The van der Waals surface area contributed by atoms with Crippen LogP contribution in [0.15, 0.2) is 18.2 Å². The van der Waals surface area contributed by atoms with Gasteiger partial charge in [-0.25, -0.2) is 4.79 Å². The van der Waals surface area contributed by atoms with E-state index in [4.69, 9.17) is 10.5 Å². The number of ether oxygens (including phenoxy) is 1. The van der Waals surface area contributed by atoms with Crippen molar-refractivity contribution < 1.29 is 9.53 Å². The maximum absolute atomic E-state index is 11.7. The van der Waals surface area contributed by atoms with Crippen LogP contribution in [0.3, 0.4) is 0 Å². The van der Waals surface area contributed by atoms with Gasteiger partial charge in [0.1, 0.15) is 0 Å². The number of esters is 1. The Morgan fingerprint density at radius 2 is 2.10 bits per heavy atom. The minimum absolute atomic E-state index is 0.387. The fourth-order valence-corrected chi connectivity index (χ4v) is 3.27. The van der Waals surface area contributed by atoms with Gasteiger partial charge in [-0.1, -0.05) is 32.3 Å². The van der Waals surface area contributed by atoms with Crippen LogP contribution in [0.1, 0.15) is 55.8 Å². The molecule has 4 nitrogen and oxygen atoms in total. The van der Waals surface area contributed by atoms with Gasteiger partial charge in [0.2, 0.25) is 0 Å². The first-order valence-electron chi connectivity index (χ1n) is 7.90. The lowest BCUT2D eigenvalue weighted by Crippen LogP contribution is -2.30. The summed E-state index contributed by atoms with van der Waals surface area (Å²) < 4.78 is 4.77. The van der Waals surface area contributed by atoms with E-state index in [1.807, 2.05) is 12.1 Å². The molecule has 1 aliphatic rings. The van der Waals surface area contributed by atoms with Gasteiger partial charge in [0, 0.05) is 6.04 Å². The molecule has 1 fully saturated rings. The number of anilines is 2. The van der Waals surface area contributed by atoms with Crippen molar-refractivity contribution in [1.29, 1.82) is 0 Å². The van der Waals surface area contributed by atoms with E-state index >= 15 is 0 Å². The quantitative estimate of drug-likeness (QED) is 0.639. The molecular formula is C17H26N2O2. The van der Waals surface area contributed by atoms with E-state index in [0.717, 1.165) is 12.1 Å². The standard InChI is InChI=1S/C17H26N2O2/c1-3-14(12-8-5-4-6-9-12)19-15-11-7-10-13(16(15)18)17(20)21-2/h7,10-12,14,19H,3-6,8-9,18H2,1-2H3. The monoisotopic (exact) mass is 290 g/mol. The lowest BCUT2D eigenvalue weighted by molar-refractivity contribution is 0.0602. The fraction of sp³-hybridized carbons (Fsp3) is 0.588. The van der Waals surface area contributed by atoms with Crippen molar-refractivity contribution in [3.8, 4) is 0 Å². The van der Waals surface area contributed by atoms with Crippen LogP contribution in [0.4, 0.5) is 11.4 Å². The Kier molecular flexibility index (Phi) is 5.48. The Morgan fingerprint density at radius 1 is 1.38 bits per heavy atom. The third kappa shape index (κ3) is 3.69. The summed E-state index contributed by atoms with van der Waals surface area (Å²) in [5.41, 5.74) is 7.89. The van der Waals surface area contributed by atoms with Gasteiger partial charge in [-0.2, -0.15) is 0 Å². The van der Waals surface area contributed by atoms with E-state index in [1.54, 1.807) is 6.07 Å². The summed E-state index contributed by atoms with van der Waals surface area (Å²) in [6.07, 6.45) is 7.62. The Hall–Kier alpha value is -1.71. The number of hydrogen-bond donors (Lipinski definition) is 2. The van der Waals surface area contributed by atoms with Crippen LogP contribution in [0.25, 0.3) is 0 Å². The largest absolute Gasteiger partial charge is 0.465 e. The molecule has 1 atom stereocenters. The average Bonchev–Trinajstić information content (AvgIpc) is 2.54. The molecule has 1 aromatic rings. The first kappa shape index (κ1) is 15.7. The Bertz CT molecular complexity index is 482. The minimum atomic E-state index is -0.387. The van der Waals surface area contributed by atoms with Gasteiger partial charge >= 0.3 is 5.97 Å². The van der Waals surface area contributed by atoms with E-state index < -0.39 is 0 Å². The summed E-state index contributed by atoms with van der Waals surface area (Å²) in [6, 6.07) is 5.90. The number of hydrogen-bond acceptors (Lipinski definition) is 4. The maximum atomic E-state index is 11.7. The SMILES string of the molecule is CCC(Nc1cccc(C(=O)OC)c1N)C1CCCCC1. The predicted octanol–water partition coefficient (Wildman–Crippen LogP) is 3.83. The molecule has 116 valence electrons. The highest BCUT2D eigenvalue weighted by atomic mass is 16.5. The van der Waals surface area contributed by atoms with E-state index in [9.17, 15) is 4.79 Å². The summed E-state index contributed by atoms with van der Waals surface area (Å²) in [5, 5.41) is 3.55. The second-order valence-electron chi connectivity index (χ2n) is 5.82. The molecule has 0 amide bonds. The predicted molar refractivity (Wildman–Crippen MR) is 86.5 cm³/mol. The third-order valence-electron chi connectivity index (χ3n) is 4.51.